The second-order valence-electron chi connectivity index (χ2n) is 4.14. The summed E-state index contributed by atoms with van der Waals surface area (Å²) in [4.78, 5) is 24.8. The van der Waals surface area contributed by atoms with Gasteiger partial charge in [-0.25, -0.2) is 0 Å². The monoisotopic (exact) mass is 238 g/mol. The van der Waals surface area contributed by atoms with Crippen molar-refractivity contribution in [1.82, 2.24) is 4.90 Å². The van der Waals surface area contributed by atoms with Crippen molar-refractivity contribution in [3.05, 3.63) is 0 Å². The van der Waals surface area contributed by atoms with Gasteiger partial charge in [-0.1, -0.05) is 0 Å². The minimum Gasteiger partial charge on any atom is -0.469 e. The number of rotatable bonds is 3. The molecule has 0 aromatic carbocycles. The van der Waals surface area contributed by atoms with Crippen molar-refractivity contribution in [2.75, 3.05) is 20.2 Å². The third kappa shape index (κ3) is 3.46. The van der Waals surface area contributed by atoms with E-state index in [9.17, 15) is 9.59 Å². The Kier molecular flexibility index (Phi) is 4.98. The van der Waals surface area contributed by atoms with E-state index in [0.29, 0.717) is 25.9 Å². The van der Waals surface area contributed by atoms with Gasteiger partial charge >= 0.3 is 5.97 Å². The number of hydrogen-bond donors (Lipinski definition) is 1. The van der Waals surface area contributed by atoms with Crippen LogP contribution < -0.4 is 5.73 Å². The highest BCUT2D eigenvalue weighted by Crippen LogP contribution is 2.18. The number of esters is 1. The first-order chi connectivity index (χ1) is 8.10. The molecule has 0 aromatic heterocycles. The lowest BCUT2D eigenvalue weighted by Crippen LogP contribution is -2.47. The largest absolute Gasteiger partial charge is 0.469 e. The van der Waals surface area contributed by atoms with Crippen LogP contribution >= 0.6 is 0 Å². The van der Waals surface area contributed by atoms with Crippen molar-refractivity contribution in [3.63, 3.8) is 0 Å². The molecule has 1 amide bonds. The molecule has 1 saturated heterocycles. The number of nitrogens with two attached hydrogens (primary N) is 1. The van der Waals surface area contributed by atoms with Gasteiger partial charge in [-0.2, -0.15) is 0 Å². The predicted octanol–water partition coefficient (Wildman–Crippen LogP) is -0.251. The molecule has 1 atom stereocenters. The number of nitrogens with zero attached hydrogens (tertiary/aromatic N) is 1. The average molecular weight is 238 g/mol. The molecular formula is C12H18N2O3. The van der Waals surface area contributed by atoms with E-state index in [4.69, 9.17) is 12.2 Å². The number of piperidine rings is 1. The van der Waals surface area contributed by atoms with Crippen LogP contribution in [0.1, 0.15) is 19.3 Å². The fourth-order valence-corrected chi connectivity index (χ4v) is 1.95. The van der Waals surface area contributed by atoms with Crippen LogP contribution in [0, 0.1) is 18.3 Å². The van der Waals surface area contributed by atoms with Crippen molar-refractivity contribution in [2.45, 2.75) is 25.3 Å². The summed E-state index contributed by atoms with van der Waals surface area (Å²) in [5.41, 5.74) is 5.65. The molecule has 1 fully saturated rings. The van der Waals surface area contributed by atoms with Crippen LogP contribution in [-0.2, 0) is 14.3 Å². The van der Waals surface area contributed by atoms with Gasteiger partial charge in [0.2, 0.25) is 5.91 Å². The maximum atomic E-state index is 11.8. The predicted molar refractivity (Wildman–Crippen MR) is 62.7 cm³/mol. The summed E-state index contributed by atoms with van der Waals surface area (Å²) in [7, 11) is 1.38. The molecule has 5 heteroatoms. The van der Waals surface area contributed by atoms with Crippen molar-refractivity contribution in [2.24, 2.45) is 11.7 Å². The molecule has 5 nitrogen and oxygen atoms in total. The first-order valence-corrected chi connectivity index (χ1v) is 5.65. The van der Waals surface area contributed by atoms with Crippen LogP contribution in [0.5, 0.6) is 0 Å². The SMILES string of the molecule is C#CCC(N)C(=O)N1CCC(C(=O)OC)CC1. The van der Waals surface area contributed by atoms with Crippen molar-refractivity contribution >= 4 is 11.9 Å². The molecule has 17 heavy (non-hydrogen) atoms. The fourth-order valence-electron chi connectivity index (χ4n) is 1.95. The molecule has 1 aliphatic heterocycles. The van der Waals surface area contributed by atoms with E-state index in [2.05, 4.69) is 10.7 Å². The number of terminal acetylenes is 1. The van der Waals surface area contributed by atoms with Gasteiger partial charge in [0, 0.05) is 19.5 Å². The molecule has 2 N–H and O–H groups in total. The lowest BCUT2D eigenvalue weighted by atomic mass is 9.96. The quantitative estimate of drug-likeness (QED) is 0.543. The summed E-state index contributed by atoms with van der Waals surface area (Å²) >= 11 is 0. The Labute approximate surface area is 101 Å². The number of hydrogen-bond acceptors (Lipinski definition) is 4. The number of carbonyl (C=O) groups is 2. The van der Waals surface area contributed by atoms with Gasteiger partial charge in [-0.15, -0.1) is 12.3 Å². The van der Waals surface area contributed by atoms with Crippen molar-refractivity contribution in [3.8, 4) is 12.3 Å². The minimum atomic E-state index is -0.630. The fraction of sp³-hybridized carbons (Fsp3) is 0.667. The second kappa shape index (κ2) is 6.26. The van der Waals surface area contributed by atoms with E-state index < -0.39 is 6.04 Å². The normalized spacial score (nSPS) is 18.3. The van der Waals surface area contributed by atoms with Gasteiger partial charge in [0.05, 0.1) is 19.1 Å². The lowest BCUT2D eigenvalue weighted by Gasteiger charge is -2.32. The van der Waals surface area contributed by atoms with Crippen LogP contribution in [0.3, 0.4) is 0 Å². The highest BCUT2D eigenvalue weighted by molar-refractivity contribution is 5.82. The zero-order valence-corrected chi connectivity index (χ0v) is 10.0. The third-order valence-corrected chi connectivity index (χ3v) is 3.00. The Morgan fingerprint density at radius 1 is 1.53 bits per heavy atom. The second-order valence-corrected chi connectivity index (χ2v) is 4.14. The Bertz CT molecular complexity index is 327. The Morgan fingerprint density at radius 3 is 2.59 bits per heavy atom. The van der Waals surface area contributed by atoms with Gasteiger partial charge in [0.25, 0.3) is 0 Å². The summed E-state index contributed by atoms with van der Waals surface area (Å²) in [5.74, 6) is 1.94. The van der Waals surface area contributed by atoms with E-state index in [0.717, 1.165) is 0 Å². The summed E-state index contributed by atoms with van der Waals surface area (Å²) in [6, 6.07) is -0.630. The van der Waals surface area contributed by atoms with Crippen molar-refractivity contribution in [1.29, 1.82) is 0 Å². The zero-order valence-electron chi connectivity index (χ0n) is 10.0. The first kappa shape index (κ1) is 13.5. The zero-order chi connectivity index (χ0) is 12.8. The van der Waals surface area contributed by atoms with Gasteiger partial charge in [-0.3, -0.25) is 9.59 Å². The standard InChI is InChI=1S/C12H18N2O3/c1-3-4-10(13)11(15)14-7-5-9(6-8-14)12(16)17-2/h1,9-10H,4-8,13H2,2H3. The molecule has 1 aliphatic rings. The number of likely N-dealkylation sites (tertiary alicyclic amines) is 1. The summed E-state index contributed by atoms with van der Waals surface area (Å²) in [5, 5.41) is 0. The van der Waals surface area contributed by atoms with Crippen molar-refractivity contribution < 1.29 is 14.3 Å². The van der Waals surface area contributed by atoms with E-state index in [1.54, 1.807) is 4.90 Å². The van der Waals surface area contributed by atoms with Crippen LogP contribution in [0.4, 0.5) is 0 Å². The molecule has 1 unspecified atom stereocenters. The molecule has 0 aliphatic carbocycles. The topological polar surface area (TPSA) is 72.6 Å². The molecule has 0 aromatic rings. The van der Waals surface area contributed by atoms with Crippen LogP contribution in [0.2, 0.25) is 0 Å². The highest BCUT2D eigenvalue weighted by Gasteiger charge is 2.29. The Hall–Kier alpha value is -1.54. The minimum absolute atomic E-state index is 0.104. The van der Waals surface area contributed by atoms with Gasteiger partial charge in [0.15, 0.2) is 0 Å². The molecule has 0 bridgehead atoms. The Morgan fingerprint density at radius 2 is 2.12 bits per heavy atom. The third-order valence-electron chi connectivity index (χ3n) is 3.00. The van der Waals surface area contributed by atoms with E-state index in [1.165, 1.54) is 7.11 Å². The van der Waals surface area contributed by atoms with Gasteiger partial charge in [0.1, 0.15) is 0 Å². The lowest BCUT2D eigenvalue weighted by molar-refractivity contribution is -0.149. The van der Waals surface area contributed by atoms with Gasteiger partial charge in [-0.05, 0) is 12.8 Å². The average Bonchev–Trinajstić information content (AvgIpc) is 2.37. The number of ether oxygens (including phenoxy) is 1. The number of methoxy groups -OCH3 is 1. The number of carbonyl (C=O) groups excluding carboxylic acids is 2. The number of amides is 1. The molecule has 1 heterocycles. The van der Waals surface area contributed by atoms with Crippen LogP contribution in [0.15, 0.2) is 0 Å². The molecular weight excluding hydrogens is 220 g/mol. The molecule has 1 rings (SSSR count). The molecule has 94 valence electrons. The van der Waals surface area contributed by atoms with Crippen LogP contribution in [-0.4, -0.2) is 43.0 Å². The van der Waals surface area contributed by atoms with E-state index >= 15 is 0 Å². The Balaban J connectivity index is 2.44. The maximum absolute atomic E-state index is 11.8. The smallest absolute Gasteiger partial charge is 0.308 e. The summed E-state index contributed by atoms with van der Waals surface area (Å²) in [6.07, 6.45) is 6.61. The van der Waals surface area contributed by atoms with E-state index in [-0.39, 0.29) is 24.2 Å². The molecule has 0 radical (unpaired) electrons. The summed E-state index contributed by atoms with van der Waals surface area (Å²) in [6.45, 7) is 1.08. The summed E-state index contributed by atoms with van der Waals surface area (Å²) < 4.78 is 4.68. The highest BCUT2D eigenvalue weighted by atomic mass is 16.5. The van der Waals surface area contributed by atoms with E-state index in [1.807, 2.05) is 0 Å². The first-order valence-electron chi connectivity index (χ1n) is 5.65. The molecule has 0 saturated carbocycles. The van der Waals surface area contributed by atoms with Gasteiger partial charge < -0.3 is 15.4 Å². The maximum Gasteiger partial charge on any atom is 0.308 e. The van der Waals surface area contributed by atoms with Crippen LogP contribution in [0.25, 0.3) is 0 Å². The molecule has 0 spiro atoms.